The molecule has 34 heavy (non-hydrogen) atoms. The summed E-state index contributed by atoms with van der Waals surface area (Å²) >= 11 is 0. The van der Waals surface area contributed by atoms with Crippen molar-refractivity contribution in [3.8, 4) is 11.5 Å². The first kappa shape index (κ1) is 22.7. The summed E-state index contributed by atoms with van der Waals surface area (Å²) in [6, 6.07) is 9.04. The number of fused-ring (bicyclic) bond motifs is 2. The maximum Gasteiger partial charge on any atom is 0.249 e. The van der Waals surface area contributed by atoms with Gasteiger partial charge in [-0.1, -0.05) is 18.6 Å². The van der Waals surface area contributed by atoms with Crippen LogP contribution in [-0.2, 0) is 12.8 Å². The molecule has 2 aliphatic rings. The van der Waals surface area contributed by atoms with Crippen LogP contribution in [0.15, 0.2) is 41.0 Å². The molecule has 1 saturated carbocycles. The average Bonchev–Trinajstić information content (AvgIpc) is 3.21. The zero-order valence-electron chi connectivity index (χ0n) is 19.4. The minimum Gasteiger partial charge on any atom is -0.493 e. The molecule has 0 radical (unpaired) electrons. The monoisotopic (exact) mass is 466 g/mol. The number of hydrogen-bond donors (Lipinski definition) is 2. The normalized spacial score (nSPS) is 18.7. The highest BCUT2D eigenvalue weighted by atomic mass is 19.1. The van der Waals surface area contributed by atoms with Gasteiger partial charge >= 0.3 is 0 Å². The highest BCUT2D eigenvalue weighted by Crippen LogP contribution is 2.35. The number of carbonyl (C=O) groups excluding carboxylic acids is 1. The number of benzene rings is 2. The Bertz CT molecular complexity index is 1190. The van der Waals surface area contributed by atoms with Gasteiger partial charge in [-0.2, -0.15) is 0 Å². The first-order chi connectivity index (χ1) is 16.5. The molecule has 5 rings (SSSR count). The topological polar surface area (TPSA) is 86.7 Å². The second-order valence-electron chi connectivity index (χ2n) is 9.43. The molecule has 2 atom stereocenters. The minimum absolute atomic E-state index is 0.0111. The van der Waals surface area contributed by atoms with Crippen molar-refractivity contribution in [3.63, 3.8) is 0 Å². The first-order valence-electron chi connectivity index (χ1n) is 12.1. The van der Waals surface area contributed by atoms with Crippen molar-refractivity contribution in [1.29, 1.82) is 0 Å². The number of amides is 1. The molecule has 0 spiro atoms. The molecule has 1 aliphatic heterocycles. The van der Waals surface area contributed by atoms with Crippen LogP contribution < -0.4 is 20.5 Å². The van der Waals surface area contributed by atoms with Gasteiger partial charge in [0.15, 0.2) is 22.9 Å². The number of hydrogen-bond acceptors (Lipinski definition) is 5. The van der Waals surface area contributed by atoms with Crippen LogP contribution in [0.2, 0.25) is 0 Å². The molecule has 180 valence electrons. The number of halogens is 1. The minimum atomic E-state index is -0.556. The fourth-order valence-corrected chi connectivity index (χ4v) is 5.34. The van der Waals surface area contributed by atoms with E-state index in [9.17, 15) is 9.18 Å². The fourth-order valence-electron chi connectivity index (χ4n) is 5.34. The zero-order valence-corrected chi connectivity index (χ0v) is 19.4. The summed E-state index contributed by atoms with van der Waals surface area (Å²) < 4.78 is 31.2. The van der Waals surface area contributed by atoms with E-state index in [4.69, 9.17) is 19.6 Å². The standard InChI is InChI=1S/C27H31FN2O4/c1-32-24-10-4-8-19-17(14-33-26(19)24)7-3-9-23(16-5-2-6-16)30-18-13-21-20(27(29)31)11-12-22(28)25(21)34-15-18/h4,8,10-12,14,16,18,23,30H,2-3,5-7,9,13,15H2,1H3,(H2,29,31). The fraction of sp³-hybridized carbons (Fsp3) is 0.444. The summed E-state index contributed by atoms with van der Waals surface area (Å²) in [4.78, 5) is 11.9. The Morgan fingerprint density at radius 1 is 1.29 bits per heavy atom. The predicted molar refractivity (Wildman–Crippen MR) is 128 cm³/mol. The number of methoxy groups -OCH3 is 1. The van der Waals surface area contributed by atoms with E-state index in [2.05, 4.69) is 11.4 Å². The van der Waals surface area contributed by atoms with Crippen molar-refractivity contribution < 1.29 is 23.1 Å². The quantitative estimate of drug-likeness (QED) is 0.475. The van der Waals surface area contributed by atoms with E-state index in [1.807, 2.05) is 18.4 Å². The molecule has 1 fully saturated rings. The summed E-state index contributed by atoms with van der Waals surface area (Å²) in [6.45, 7) is 0.377. The molecule has 3 aromatic rings. The van der Waals surface area contributed by atoms with E-state index in [-0.39, 0.29) is 11.8 Å². The number of ether oxygens (including phenoxy) is 2. The Morgan fingerprint density at radius 3 is 2.88 bits per heavy atom. The molecule has 1 amide bonds. The Hall–Kier alpha value is -3.06. The molecule has 0 bridgehead atoms. The third-order valence-corrected chi connectivity index (χ3v) is 7.35. The SMILES string of the molecule is COc1cccc2c(CCCC(NC3COc4c(F)ccc(C(N)=O)c4C3)C3CCC3)coc12. The van der Waals surface area contributed by atoms with Crippen LogP contribution in [0.1, 0.15) is 53.6 Å². The molecule has 2 heterocycles. The van der Waals surface area contributed by atoms with Gasteiger partial charge in [0.1, 0.15) is 6.61 Å². The molecule has 3 N–H and O–H groups in total. The summed E-state index contributed by atoms with van der Waals surface area (Å²) in [5.74, 6) is 0.544. The Kier molecular flexibility index (Phi) is 6.46. The van der Waals surface area contributed by atoms with E-state index in [1.165, 1.54) is 37.0 Å². The zero-order chi connectivity index (χ0) is 23.7. The average molecular weight is 467 g/mol. The van der Waals surface area contributed by atoms with E-state index >= 15 is 0 Å². The van der Waals surface area contributed by atoms with Crippen LogP contribution in [0.5, 0.6) is 11.5 Å². The van der Waals surface area contributed by atoms with Gasteiger partial charge in [0.2, 0.25) is 5.91 Å². The van der Waals surface area contributed by atoms with E-state index in [0.717, 1.165) is 36.0 Å². The van der Waals surface area contributed by atoms with Crippen molar-refractivity contribution in [2.75, 3.05) is 13.7 Å². The molecule has 1 aliphatic carbocycles. The van der Waals surface area contributed by atoms with Crippen LogP contribution in [0.3, 0.4) is 0 Å². The van der Waals surface area contributed by atoms with Gasteiger partial charge in [-0.25, -0.2) is 4.39 Å². The Balaban J connectivity index is 1.25. The Labute approximate surface area is 198 Å². The largest absolute Gasteiger partial charge is 0.493 e. The number of aryl methyl sites for hydroxylation is 1. The second kappa shape index (κ2) is 9.66. The lowest BCUT2D eigenvalue weighted by atomic mass is 9.77. The third kappa shape index (κ3) is 4.37. The molecule has 2 unspecified atom stereocenters. The molecule has 2 aromatic carbocycles. The van der Waals surface area contributed by atoms with Gasteiger partial charge in [-0.3, -0.25) is 4.79 Å². The van der Waals surface area contributed by atoms with E-state index in [1.54, 1.807) is 7.11 Å². The maximum absolute atomic E-state index is 14.2. The molecule has 1 aromatic heterocycles. The van der Waals surface area contributed by atoms with Gasteiger partial charge < -0.3 is 24.9 Å². The summed E-state index contributed by atoms with van der Waals surface area (Å²) in [7, 11) is 1.65. The molecule has 0 saturated heterocycles. The number of primary amides is 1. The highest BCUT2D eigenvalue weighted by molar-refractivity contribution is 5.95. The lowest BCUT2D eigenvalue weighted by molar-refractivity contribution is 0.0996. The number of nitrogens with one attached hydrogen (secondary N) is 1. The number of para-hydroxylation sites is 1. The van der Waals surface area contributed by atoms with Gasteiger partial charge in [-0.05, 0) is 68.2 Å². The Morgan fingerprint density at radius 2 is 2.15 bits per heavy atom. The van der Waals surface area contributed by atoms with Gasteiger partial charge in [0.25, 0.3) is 0 Å². The number of rotatable bonds is 9. The van der Waals surface area contributed by atoms with Crippen LogP contribution in [0.4, 0.5) is 4.39 Å². The molecular weight excluding hydrogens is 435 g/mol. The number of carbonyl (C=O) groups is 1. The van der Waals surface area contributed by atoms with Crippen molar-refractivity contribution in [3.05, 3.63) is 59.1 Å². The van der Waals surface area contributed by atoms with Crippen molar-refractivity contribution >= 4 is 16.9 Å². The lowest BCUT2D eigenvalue weighted by Gasteiger charge is -2.38. The molecule has 6 nitrogen and oxygen atoms in total. The highest BCUT2D eigenvalue weighted by Gasteiger charge is 2.32. The number of nitrogens with two attached hydrogens (primary N) is 1. The van der Waals surface area contributed by atoms with Gasteiger partial charge in [0.05, 0.1) is 13.4 Å². The summed E-state index contributed by atoms with van der Waals surface area (Å²) in [5, 5.41) is 4.88. The first-order valence-corrected chi connectivity index (χ1v) is 12.1. The summed E-state index contributed by atoms with van der Waals surface area (Å²) in [6.07, 6.45) is 9.03. The van der Waals surface area contributed by atoms with Crippen LogP contribution in [0, 0.1) is 11.7 Å². The summed E-state index contributed by atoms with van der Waals surface area (Å²) in [5.41, 5.74) is 8.43. The van der Waals surface area contributed by atoms with E-state index in [0.29, 0.717) is 36.1 Å². The maximum atomic E-state index is 14.2. The second-order valence-corrected chi connectivity index (χ2v) is 9.43. The smallest absolute Gasteiger partial charge is 0.249 e. The third-order valence-electron chi connectivity index (χ3n) is 7.35. The van der Waals surface area contributed by atoms with Gasteiger partial charge in [-0.15, -0.1) is 0 Å². The van der Waals surface area contributed by atoms with Crippen molar-refractivity contribution in [2.45, 2.75) is 57.0 Å². The van der Waals surface area contributed by atoms with Crippen molar-refractivity contribution in [2.24, 2.45) is 11.7 Å². The van der Waals surface area contributed by atoms with Crippen LogP contribution in [0.25, 0.3) is 11.0 Å². The van der Waals surface area contributed by atoms with Crippen LogP contribution >= 0.6 is 0 Å². The van der Waals surface area contributed by atoms with E-state index < -0.39 is 11.7 Å². The molecular formula is C27H31FN2O4. The lowest BCUT2D eigenvalue weighted by Crippen LogP contribution is -2.49. The number of furan rings is 1. The predicted octanol–water partition coefficient (Wildman–Crippen LogP) is 4.76. The van der Waals surface area contributed by atoms with Gasteiger partial charge in [0, 0.05) is 28.6 Å². The van der Waals surface area contributed by atoms with Crippen LogP contribution in [-0.4, -0.2) is 31.7 Å². The van der Waals surface area contributed by atoms with Crippen molar-refractivity contribution in [1.82, 2.24) is 5.32 Å². The molecule has 7 heteroatoms.